The molecule has 1 unspecified atom stereocenters. The van der Waals surface area contributed by atoms with Crippen LogP contribution in [0.4, 0.5) is 0 Å². The lowest BCUT2D eigenvalue weighted by atomic mass is 10.1. The van der Waals surface area contributed by atoms with Crippen molar-refractivity contribution in [3.05, 3.63) is 42.0 Å². The van der Waals surface area contributed by atoms with Crippen LogP contribution < -0.4 is 5.73 Å². The zero-order chi connectivity index (χ0) is 12.8. The number of aromatic nitrogens is 2. The van der Waals surface area contributed by atoms with E-state index in [9.17, 15) is 0 Å². The first-order valence-corrected chi connectivity index (χ1v) is 6.96. The highest BCUT2D eigenvalue weighted by Crippen LogP contribution is 2.21. The molecule has 0 saturated heterocycles. The molecule has 5 heteroatoms. The Morgan fingerprint density at radius 2 is 2.11 bits per heavy atom. The van der Waals surface area contributed by atoms with Gasteiger partial charge < -0.3 is 10.3 Å². The first-order valence-electron chi connectivity index (χ1n) is 5.97. The molecule has 0 spiro atoms. The van der Waals surface area contributed by atoms with E-state index in [-0.39, 0.29) is 0 Å². The number of rotatable bonds is 6. The van der Waals surface area contributed by atoms with E-state index >= 15 is 0 Å². The summed E-state index contributed by atoms with van der Waals surface area (Å²) in [5.41, 5.74) is 5.57. The molecule has 18 heavy (non-hydrogen) atoms. The molecular formula is C13H17N3OS. The second-order valence-corrected chi connectivity index (χ2v) is 5.30. The van der Waals surface area contributed by atoms with E-state index in [1.807, 2.05) is 18.2 Å². The molecule has 0 saturated carbocycles. The van der Waals surface area contributed by atoms with E-state index in [1.54, 1.807) is 11.8 Å². The number of hydrogen-bond acceptors (Lipinski definition) is 5. The topological polar surface area (TPSA) is 64.9 Å². The quantitative estimate of drug-likeness (QED) is 0.811. The van der Waals surface area contributed by atoms with Crippen molar-refractivity contribution < 1.29 is 4.52 Å². The Morgan fingerprint density at radius 1 is 1.33 bits per heavy atom. The summed E-state index contributed by atoms with van der Waals surface area (Å²) in [4.78, 5) is 5.57. The third kappa shape index (κ3) is 3.85. The summed E-state index contributed by atoms with van der Waals surface area (Å²) in [6.07, 6.45) is 0.750. The zero-order valence-corrected chi connectivity index (χ0v) is 11.2. The van der Waals surface area contributed by atoms with Crippen LogP contribution in [0.25, 0.3) is 0 Å². The van der Waals surface area contributed by atoms with Crippen molar-refractivity contribution in [1.29, 1.82) is 0 Å². The summed E-state index contributed by atoms with van der Waals surface area (Å²) >= 11 is 1.70. The summed E-state index contributed by atoms with van der Waals surface area (Å²) in [5.74, 6) is 2.52. The molecule has 0 aliphatic heterocycles. The smallest absolute Gasteiger partial charge is 0.226 e. The minimum atomic E-state index is 0.375. The van der Waals surface area contributed by atoms with Gasteiger partial charge in [0.2, 0.25) is 5.89 Å². The predicted molar refractivity (Wildman–Crippen MR) is 72.2 cm³/mol. The molecule has 1 aromatic carbocycles. The lowest BCUT2D eigenvalue weighted by Gasteiger charge is -2.01. The van der Waals surface area contributed by atoms with Crippen LogP contribution in [-0.4, -0.2) is 16.7 Å². The van der Waals surface area contributed by atoms with Gasteiger partial charge in [0.25, 0.3) is 0 Å². The molecule has 1 aromatic heterocycles. The van der Waals surface area contributed by atoms with Crippen LogP contribution in [0.5, 0.6) is 0 Å². The van der Waals surface area contributed by atoms with Gasteiger partial charge in [-0.2, -0.15) is 4.98 Å². The van der Waals surface area contributed by atoms with Gasteiger partial charge in [-0.1, -0.05) is 30.3 Å². The molecule has 2 aromatic rings. The van der Waals surface area contributed by atoms with Gasteiger partial charge in [-0.25, -0.2) is 0 Å². The first kappa shape index (κ1) is 13.1. The average Bonchev–Trinajstić information content (AvgIpc) is 2.85. The molecular weight excluding hydrogens is 246 g/mol. The molecule has 1 atom stereocenters. The number of nitrogens with two attached hydrogens (primary N) is 1. The standard InChI is InChI=1S/C13H17N3OS/c1-10(8-14)7-13-15-12(16-17-13)9-18-11-5-3-2-4-6-11/h2-6,10H,7-9,14H2,1H3. The predicted octanol–water partition coefficient (Wildman–Crippen LogP) is 2.50. The van der Waals surface area contributed by atoms with Crippen molar-refractivity contribution in [3.63, 3.8) is 0 Å². The van der Waals surface area contributed by atoms with E-state index in [1.165, 1.54) is 4.90 Å². The lowest BCUT2D eigenvalue weighted by molar-refractivity contribution is 0.356. The highest BCUT2D eigenvalue weighted by molar-refractivity contribution is 7.98. The fraction of sp³-hybridized carbons (Fsp3) is 0.385. The van der Waals surface area contributed by atoms with E-state index in [2.05, 4.69) is 29.2 Å². The summed E-state index contributed by atoms with van der Waals surface area (Å²) in [6, 6.07) is 10.2. The second kappa shape index (κ2) is 6.56. The van der Waals surface area contributed by atoms with Crippen LogP contribution in [0.15, 0.2) is 39.8 Å². The third-order valence-corrected chi connectivity index (χ3v) is 3.55. The Morgan fingerprint density at radius 3 is 2.83 bits per heavy atom. The normalized spacial score (nSPS) is 12.6. The van der Waals surface area contributed by atoms with Crippen LogP contribution in [0.3, 0.4) is 0 Å². The van der Waals surface area contributed by atoms with Gasteiger partial charge in [-0.15, -0.1) is 11.8 Å². The minimum Gasteiger partial charge on any atom is -0.339 e. The Labute approximate surface area is 111 Å². The van der Waals surface area contributed by atoms with Crippen molar-refractivity contribution in [2.24, 2.45) is 11.7 Å². The lowest BCUT2D eigenvalue weighted by Crippen LogP contribution is -2.13. The van der Waals surface area contributed by atoms with Crippen LogP contribution in [0.2, 0.25) is 0 Å². The molecule has 1 heterocycles. The Balaban J connectivity index is 1.87. The molecule has 0 aliphatic rings. The van der Waals surface area contributed by atoms with Gasteiger partial charge in [0.15, 0.2) is 5.82 Å². The van der Waals surface area contributed by atoms with Gasteiger partial charge in [0.1, 0.15) is 0 Å². The molecule has 0 bridgehead atoms. The average molecular weight is 263 g/mol. The number of nitrogens with zero attached hydrogens (tertiary/aromatic N) is 2. The Hall–Kier alpha value is -1.33. The molecule has 0 fully saturated rings. The number of hydrogen-bond donors (Lipinski definition) is 1. The van der Waals surface area contributed by atoms with Crippen molar-refractivity contribution in [3.8, 4) is 0 Å². The van der Waals surface area contributed by atoms with Crippen molar-refractivity contribution >= 4 is 11.8 Å². The largest absolute Gasteiger partial charge is 0.339 e. The van der Waals surface area contributed by atoms with E-state index in [4.69, 9.17) is 10.3 Å². The van der Waals surface area contributed by atoms with Crippen LogP contribution in [0, 0.1) is 5.92 Å². The molecule has 0 radical (unpaired) electrons. The van der Waals surface area contributed by atoms with Gasteiger partial charge in [0, 0.05) is 11.3 Å². The SMILES string of the molecule is CC(CN)Cc1nc(CSc2ccccc2)no1. The highest BCUT2D eigenvalue weighted by atomic mass is 32.2. The maximum Gasteiger partial charge on any atom is 0.226 e. The molecule has 4 nitrogen and oxygen atoms in total. The third-order valence-electron chi connectivity index (χ3n) is 2.55. The van der Waals surface area contributed by atoms with Crippen molar-refractivity contribution in [2.75, 3.05) is 6.54 Å². The summed E-state index contributed by atoms with van der Waals surface area (Å²) in [6.45, 7) is 2.71. The summed E-state index contributed by atoms with van der Waals surface area (Å²) < 4.78 is 5.20. The molecule has 0 amide bonds. The molecule has 96 valence electrons. The van der Waals surface area contributed by atoms with Crippen LogP contribution >= 0.6 is 11.8 Å². The highest BCUT2D eigenvalue weighted by Gasteiger charge is 2.09. The number of thioether (sulfide) groups is 1. The van der Waals surface area contributed by atoms with E-state index in [0.29, 0.717) is 18.4 Å². The van der Waals surface area contributed by atoms with Crippen LogP contribution in [0.1, 0.15) is 18.6 Å². The van der Waals surface area contributed by atoms with Gasteiger partial charge in [-0.3, -0.25) is 0 Å². The summed E-state index contributed by atoms with van der Waals surface area (Å²) in [5, 5.41) is 3.97. The van der Waals surface area contributed by atoms with Crippen molar-refractivity contribution in [1.82, 2.24) is 10.1 Å². The number of benzene rings is 1. The van der Waals surface area contributed by atoms with E-state index in [0.717, 1.165) is 18.0 Å². The fourth-order valence-corrected chi connectivity index (χ4v) is 2.24. The van der Waals surface area contributed by atoms with Crippen molar-refractivity contribution in [2.45, 2.75) is 24.0 Å². The van der Waals surface area contributed by atoms with Gasteiger partial charge in [-0.05, 0) is 24.6 Å². The minimum absolute atomic E-state index is 0.375. The first-order chi connectivity index (χ1) is 8.78. The maximum absolute atomic E-state index is 5.57. The zero-order valence-electron chi connectivity index (χ0n) is 10.4. The fourth-order valence-electron chi connectivity index (χ4n) is 1.48. The maximum atomic E-state index is 5.57. The monoisotopic (exact) mass is 263 g/mol. The summed E-state index contributed by atoms with van der Waals surface area (Å²) in [7, 11) is 0. The van der Waals surface area contributed by atoms with Gasteiger partial charge >= 0.3 is 0 Å². The Bertz CT molecular complexity index is 472. The van der Waals surface area contributed by atoms with Crippen LogP contribution in [-0.2, 0) is 12.2 Å². The Kier molecular flexibility index (Phi) is 4.78. The van der Waals surface area contributed by atoms with Gasteiger partial charge in [0.05, 0.1) is 5.75 Å². The molecule has 2 N–H and O–H groups in total. The molecule has 2 rings (SSSR count). The molecule has 0 aliphatic carbocycles. The second-order valence-electron chi connectivity index (χ2n) is 4.25. The van der Waals surface area contributed by atoms with E-state index < -0.39 is 0 Å².